The van der Waals surface area contributed by atoms with E-state index in [4.69, 9.17) is 4.74 Å². The summed E-state index contributed by atoms with van der Waals surface area (Å²) in [6.07, 6.45) is -1.13. The van der Waals surface area contributed by atoms with Crippen molar-refractivity contribution in [3.8, 4) is 0 Å². The quantitative estimate of drug-likeness (QED) is 0.442. The first-order chi connectivity index (χ1) is 8.91. The van der Waals surface area contributed by atoms with E-state index in [1.54, 1.807) is 30.3 Å². The van der Waals surface area contributed by atoms with Crippen molar-refractivity contribution in [2.45, 2.75) is 25.9 Å². The number of rotatable bonds is 6. The van der Waals surface area contributed by atoms with Crippen molar-refractivity contribution < 1.29 is 19.2 Å². The van der Waals surface area contributed by atoms with Gasteiger partial charge in [0, 0.05) is 11.8 Å². The summed E-state index contributed by atoms with van der Waals surface area (Å²) in [5.41, 5.74) is 0.598. The molecule has 0 saturated heterocycles. The highest BCUT2D eigenvalue weighted by molar-refractivity contribution is 5.84. The summed E-state index contributed by atoms with van der Waals surface area (Å²) in [5.74, 6) is -1.83. The Balaban J connectivity index is 3.09. The molecule has 0 aliphatic rings. The highest BCUT2D eigenvalue weighted by atomic mass is 16.6. The van der Waals surface area contributed by atoms with Crippen LogP contribution < -0.4 is 0 Å². The summed E-state index contributed by atoms with van der Waals surface area (Å²) < 4.78 is 4.94. The number of hydrogen-bond acceptors (Lipinski definition) is 5. The van der Waals surface area contributed by atoms with Crippen LogP contribution in [0.4, 0.5) is 0 Å². The van der Waals surface area contributed by atoms with Crippen molar-refractivity contribution in [3.05, 3.63) is 46.0 Å². The van der Waals surface area contributed by atoms with Gasteiger partial charge >= 0.3 is 5.97 Å². The van der Waals surface area contributed by atoms with Gasteiger partial charge in [0.25, 0.3) is 0 Å². The number of ether oxygens (including phenoxy) is 1. The molecule has 1 unspecified atom stereocenters. The van der Waals surface area contributed by atoms with E-state index in [9.17, 15) is 19.7 Å². The monoisotopic (exact) mass is 265 g/mol. The molecule has 1 aromatic rings. The maximum atomic E-state index is 11.6. The zero-order valence-electron chi connectivity index (χ0n) is 10.7. The maximum Gasteiger partial charge on any atom is 0.303 e. The van der Waals surface area contributed by atoms with Crippen molar-refractivity contribution >= 4 is 11.8 Å². The molecule has 0 bridgehead atoms. The lowest BCUT2D eigenvalue weighted by Crippen LogP contribution is -2.35. The van der Waals surface area contributed by atoms with Gasteiger partial charge in [-0.15, -0.1) is 0 Å². The second-order valence-corrected chi connectivity index (χ2v) is 4.17. The number of carbonyl (C=O) groups is 2. The van der Waals surface area contributed by atoms with Gasteiger partial charge in [0.2, 0.25) is 6.54 Å². The first-order valence-electron chi connectivity index (χ1n) is 5.76. The van der Waals surface area contributed by atoms with E-state index >= 15 is 0 Å². The molecule has 19 heavy (non-hydrogen) atoms. The van der Waals surface area contributed by atoms with Gasteiger partial charge in [0.05, 0.1) is 5.92 Å². The molecule has 0 heterocycles. The van der Waals surface area contributed by atoms with Gasteiger partial charge in [-0.25, -0.2) is 0 Å². The molecule has 0 radical (unpaired) electrons. The van der Waals surface area contributed by atoms with Crippen LogP contribution in [0.25, 0.3) is 0 Å². The third-order valence-corrected chi connectivity index (χ3v) is 2.63. The molecular weight excluding hydrogens is 250 g/mol. The maximum absolute atomic E-state index is 11.6. The van der Waals surface area contributed by atoms with E-state index < -0.39 is 35.2 Å². The van der Waals surface area contributed by atoms with Crippen molar-refractivity contribution in [3.63, 3.8) is 0 Å². The number of benzene rings is 1. The van der Waals surface area contributed by atoms with E-state index in [-0.39, 0.29) is 0 Å². The van der Waals surface area contributed by atoms with Crippen LogP contribution in [0.2, 0.25) is 0 Å². The van der Waals surface area contributed by atoms with Crippen LogP contribution >= 0.6 is 0 Å². The van der Waals surface area contributed by atoms with Crippen LogP contribution in [-0.4, -0.2) is 29.3 Å². The Morgan fingerprint density at radius 3 is 2.26 bits per heavy atom. The second kappa shape index (κ2) is 6.63. The van der Waals surface area contributed by atoms with Crippen LogP contribution in [0, 0.1) is 10.1 Å². The molecule has 1 aromatic carbocycles. The SMILES string of the molecule is CC(=O)OC(C(C)=O)[C@@H](C[N+](=O)[O-])c1ccccc1. The molecule has 6 heteroatoms. The van der Waals surface area contributed by atoms with Gasteiger partial charge in [-0.3, -0.25) is 19.7 Å². The minimum Gasteiger partial charge on any atom is -0.454 e. The summed E-state index contributed by atoms with van der Waals surface area (Å²) in [5, 5.41) is 10.7. The van der Waals surface area contributed by atoms with Gasteiger partial charge < -0.3 is 4.74 Å². The Hall–Kier alpha value is -2.24. The number of nitrogens with zero attached hydrogens (tertiary/aromatic N) is 1. The fraction of sp³-hybridized carbons (Fsp3) is 0.385. The molecule has 0 aromatic heterocycles. The number of Topliss-reactive ketones (excluding diaryl/α,β-unsaturated/α-hetero) is 1. The normalized spacial score (nSPS) is 13.4. The lowest BCUT2D eigenvalue weighted by molar-refractivity contribution is -0.484. The van der Waals surface area contributed by atoms with Gasteiger partial charge in [0.1, 0.15) is 0 Å². The minimum absolute atomic E-state index is 0.411. The number of esters is 1. The van der Waals surface area contributed by atoms with Crippen LogP contribution in [0.3, 0.4) is 0 Å². The molecular formula is C13H15NO5. The molecule has 2 atom stereocenters. The molecule has 0 fully saturated rings. The van der Waals surface area contributed by atoms with Gasteiger partial charge in [-0.1, -0.05) is 30.3 Å². The van der Waals surface area contributed by atoms with E-state index in [1.165, 1.54) is 13.8 Å². The number of ketones is 1. The number of hydrogen-bond donors (Lipinski definition) is 0. The van der Waals surface area contributed by atoms with Crippen molar-refractivity contribution in [2.75, 3.05) is 6.54 Å². The zero-order valence-corrected chi connectivity index (χ0v) is 10.7. The average molecular weight is 265 g/mol. The molecule has 6 nitrogen and oxygen atoms in total. The second-order valence-electron chi connectivity index (χ2n) is 4.17. The van der Waals surface area contributed by atoms with Crippen molar-refractivity contribution in [1.29, 1.82) is 0 Å². The predicted molar refractivity (Wildman–Crippen MR) is 67.3 cm³/mol. The van der Waals surface area contributed by atoms with E-state index in [0.29, 0.717) is 5.56 Å². The minimum atomic E-state index is -1.13. The number of carbonyl (C=O) groups excluding carboxylic acids is 2. The Morgan fingerprint density at radius 1 is 1.26 bits per heavy atom. The van der Waals surface area contributed by atoms with Crippen LogP contribution in [0.15, 0.2) is 30.3 Å². The highest BCUT2D eigenvalue weighted by Crippen LogP contribution is 2.23. The van der Waals surface area contributed by atoms with Crippen molar-refractivity contribution in [1.82, 2.24) is 0 Å². The first-order valence-corrected chi connectivity index (χ1v) is 5.76. The Kier molecular flexibility index (Phi) is 5.17. The molecule has 0 aliphatic heterocycles. The first kappa shape index (κ1) is 14.8. The largest absolute Gasteiger partial charge is 0.454 e. The topological polar surface area (TPSA) is 86.5 Å². The van der Waals surface area contributed by atoms with E-state index in [2.05, 4.69) is 0 Å². The third-order valence-electron chi connectivity index (χ3n) is 2.63. The fourth-order valence-corrected chi connectivity index (χ4v) is 1.86. The summed E-state index contributed by atoms with van der Waals surface area (Å²) in [4.78, 5) is 32.8. The Bertz CT molecular complexity index is 471. The lowest BCUT2D eigenvalue weighted by atomic mass is 9.91. The Labute approximate surface area is 110 Å². The Morgan fingerprint density at radius 2 is 1.84 bits per heavy atom. The standard InChI is InChI=1S/C13H15NO5/c1-9(15)13(19-10(2)16)12(8-14(17)18)11-6-4-3-5-7-11/h3-7,12-13H,8H2,1-2H3/t12-,13?/m0/s1. The van der Waals surface area contributed by atoms with Gasteiger partial charge in [-0.2, -0.15) is 0 Å². The third kappa shape index (κ3) is 4.50. The fourth-order valence-electron chi connectivity index (χ4n) is 1.86. The average Bonchev–Trinajstić information content (AvgIpc) is 2.33. The molecule has 0 amide bonds. The van der Waals surface area contributed by atoms with Gasteiger partial charge in [0.15, 0.2) is 11.9 Å². The summed E-state index contributed by atoms with van der Waals surface area (Å²) in [7, 11) is 0. The predicted octanol–water partition coefficient (Wildman–Crippen LogP) is 1.57. The smallest absolute Gasteiger partial charge is 0.303 e. The molecule has 0 N–H and O–H groups in total. The lowest BCUT2D eigenvalue weighted by Gasteiger charge is -2.22. The van der Waals surface area contributed by atoms with E-state index in [0.717, 1.165) is 0 Å². The van der Waals surface area contributed by atoms with Crippen LogP contribution in [0.1, 0.15) is 25.3 Å². The zero-order chi connectivity index (χ0) is 14.4. The van der Waals surface area contributed by atoms with E-state index in [1.807, 2.05) is 0 Å². The summed E-state index contributed by atoms with van der Waals surface area (Å²) in [6, 6.07) is 8.54. The molecule has 0 saturated carbocycles. The molecule has 0 aliphatic carbocycles. The summed E-state index contributed by atoms with van der Waals surface area (Å²) in [6.45, 7) is 1.95. The van der Waals surface area contributed by atoms with Crippen molar-refractivity contribution in [2.24, 2.45) is 0 Å². The highest BCUT2D eigenvalue weighted by Gasteiger charge is 2.33. The number of nitro groups is 1. The van der Waals surface area contributed by atoms with Crippen LogP contribution in [-0.2, 0) is 14.3 Å². The molecule has 1 rings (SSSR count). The molecule has 102 valence electrons. The molecule has 0 spiro atoms. The van der Waals surface area contributed by atoms with Gasteiger partial charge in [-0.05, 0) is 12.5 Å². The van der Waals surface area contributed by atoms with Crippen LogP contribution in [0.5, 0.6) is 0 Å². The summed E-state index contributed by atoms with van der Waals surface area (Å²) >= 11 is 0.